The summed E-state index contributed by atoms with van der Waals surface area (Å²) < 4.78 is 1.88. The number of nitrogens with zero attached hydrogens (tertiary/aromatic N) is 3. The van der Waals surface area contributed by atoms with Crippen LogP contribution in [0.5, 0.6) is 0 Å². The highest BCUT2D eigenvalue weighted by Crippen LogP contribution is 2.34. The molecule has 0 aromatic carbocycles. The van der Waals surface area contributed by atoms with Crippen molar-refractivity contribution in [1.29, 1.82) is 0 Å². The van der Waals surface area contributed by atoms with Crippen molar-refractivity contribution < 1.29 is 5.11 Å². The molecule has 0 fully saturated rings. The first-order chi connectivity index (χ1) is 8.84. The van der Waals surface area contributed by atoms with E-state index >= 15 is 0 Å². The number of aromatic nitrogens is 3. The first kappa shape index (κ1) is 16.2. The molecule has 0 aliphatic rings. The van der Waals surface area contributed by atoms with Gasteiger partial charge in [-0.05, 0) is 24.7 Å². The lowest BCUT2D eigenvalue weighted by atomic mass is 9.74. The quantitative estimate of drug-likeness (QED) is 0.772. The van der Waals surface area contributed by atoms with Crippen LogP contribution in [0.25, 0.3) is 0 Å². The molecule has 0 radical (unpaired) electrons. The first-order valence-electron chi connectivity index (χ1n) is 7.44. The van der Waals surface area contributed by atoms with E-state index in [1.54, 1.807) is 0 Å². The fraction of sp³-hybridized carbons (Fsp3) is 0.867. The third-order valence-electron chi connectivity index (χ3n) is 4.13. The van der Waals surface area contributed by atoms with Gasteiger partial charge in [0, 0.05) is 0 Å². The van der Waals surface area contributed by atoms with E-state index in [1.165, 1.54) is 12.8 Å². The lowest BCUT2D eigenvalue weighted by molar-refractivity contribution is -0.0770. The summed E-state index contributed by atoms with van der Waals surface area (Å²) in [4.78, 5) is 0. The molecule has 1 rings (SSSR count). The molecular formula is C15H29N3O. The maximum absolute atomic E-state index is 10.8. The Bertz CT molecular complexity index is 381. The number of hydrogen-bond acceptors (Lipinski definition) is 3. The van der Waals surface area contributed by atoms with Crippen molar-refractivity contribution in [3.05, 3.63) is 11.9 Å². The van der Waals surface area contributed by atoms with E-state index in [0.717, 1.165) is 18.5 Å². The summed E-state index contributed by atoms with van der Waals surface area (Å²) in [7, 11) is 0. The van der Waals surface area contributed by atoms with Gasteiger partial charge in [0.25, 0.3) is 0 Å². The second-order valence-corrected chi connectivity index (χ2v) is 6.48. The molecule has 0 unspecified atom stereocenters. The second kappa shape index (κ2) is 6.51. The largest absolute Gasteiger partial charge is 0.387 e. The monoisotopic (exact) mass is 267 g/mol. The van der Waals surface area contributed by atoms with E-state index in [9.17, 15) is 5.11 Å². The summed E-state index contributed by atoms with van der Waals surface area (Å²) in [5.74, 6) is 0. The second-order valence-electron chi connectivity index (χ2n) is 6.48. The summed E-state index contributed by atoms with van der Waals surface area (Å²) in [6, 6.07) is 0. The predicted molar refractivity (Wildman–Crippen MR) is 77.9 cm³/mol. The molecule has 0 amide bonds. The van der Waals surface area contributed by atoms with Crippen LogP contribution in [0.15, 0.2) is 6.20 Å². The molecule has 0 bridgehead atoms. The van der Waals surface area contributed by atoms with Crippen LogP contribution in [0.2, 0.25) is 0 Å². The van der Waals surface area contributed by atoms with E-state index in [2.05, 4.69) is 38.0 Å². The third-order valence-corrected chi connectivity index (χ3v) is 4.13. The Balaban J connectivity index is 2.78. The highest BCUT2D eigenvalue weighted by molar-refractivity contribution is 4.98. The fourth-order valence-electron chi connectivity index (χ4n) is 2.29. The van der Waals surface area contributed by atoms with Gasteiger partial charge in [-0.15, -0.1) is 5.10 Å². The Labute approximate surface area is 117 Å². The summed E-state index contributed by atoms with van der Waals surface area (Å²) >= 11 is 0. The van der Waals surface area contributed by atoms with E-state index in [4.69, 9.17) is 0 Å². The minimum atomic E-state index is -0.750. The zero-order chi connectivity index (χ0) is 14.5. The number of unbranched alkanes of at least 4 members (excludes halogenated alkanes) is 2. The van der Waals surface area contributed by atoms with Gasteiger partial charge in [0.1, 0.15) is 0 Å². The summed E-state index contributed by atoms with van der Waals surface area (Å²) in [5.41, 5.74) is 0.207. The highest BCUT2D eigenvalue weighted by Gasteiger charge is 2.39. The topological polar surface area (TPSA) is 50.9 Å². The number of aryl methyl sites for hydroxylation is 1. The molecule has 4 heteroatoms. The van der Waals surface area contributed by atoms with Gasteiger partial charge < -0.3 is 5.11 Å². The molecule has 0 aliphatic carbocycles. The number of hydrogen-bond donors (Lipinski definition) is 1. The van der Waals surface area contributed by atoms with Crippen molar-refractivity contribution in [3.63, 3.8) is 0 Å². The molecule has 19 heavy (non-hydrogen) atoms. The van der Waals surface area contributed by atoms with Gasteiger partial charge in [0.2, 0.25) is 0 Å². The smallest absolute Gasteiger partial charge is 0.0888 e. The van der Waals surface area contributed by atoms with Crippen molar-refractivity contribution in [3.8, 4) is 0 Å². The Kier molecular flexibility index (Phi) is 5.53. The maximum Gasteiger partial charge on any atom is 0.0888 e. The standard InChI is InChI=1S/C15H29N3O/c1-6-8-9-10-13-11-16-17-18(13)12-15(19,7-2)14(3,4)5/h11,19H,6-10,12H2,1-5H3/t15-/m0/s1. The first-order valence-corrected chi connectivity index (χ1v) is 7.44. The molecule has 0 saturated heterocycles. The van der Waals surface area contributed by atoms with E-state index in [0.29, 0.717) is 13.0 Å². The van der Waals surface area contributed by atoms with Crippen LogP contribution in [0.1, 0.15) is 66.0 Å². The normalized spacial score (nSPS) is 15.5. The zero-order valence-electron chi connectivity index (χ0n) is 13.1. The van der Waals surface area contributed by atoms with Crippen LogP contribution in [0.3, 0.4) is 0 Å². The van der Waals surface area contributed by atoms with Crippen LogP contribution in [0, 0.1) is 5.41 Å². The van der Waals surface area contributed by atoms with Crippen LogP contribution in [-0.4, -0.2) is 25.7 Å². The van der Waals surface area contributed by atoms with Gasteiger partial charge in [-0.25, -0.2) is 4.68 Å². The van der Waals surface area contributed by atoms with E-state index in [1.807, 2.05) is 17.8 Å². The Morgan fingerprint density at radius 3 is 2.42 bits per heavy atom. The third kappa shape index (κ3) is 4.03. The van der Waals surface area contributed by atoms with Gasteiger partial charge in [-0.1, -0.05) is 52.7 Å². The summed E-state index contributed by atoms with van der Waals surface area (Å²) in [6.45, 7) is 11.0. The maximum atomic E-state index is 10.8. The molecule has 0 saturated carbocycles. The van der Waals surface area contributed by atoms with Gasteiger partial charge >= 0.3 is 0 Å². The number of aliphatic hydroxyl groups is 1. The minimum absolute atomic E-state index is 0.172. The Morgan fingerprint density at radius 2 is 1.89 bits per heavy atom. The van der Waals surface area contributed by atoms with Crippen LogP contribution < -0.4 is 0 Å². The molecule has 0 spiro atoms. The van der Waals surface area contributed by atoms with Crippen molar-refractivity contribution >= 4 is 0 Å². The summed E-state index contributed by atoms with van der Waals surface area (Å²) in [6.07, 6.45) is 7.12. The molecule has 4 nitrogen and oxygen atoms in total. The lowest BCUT2D eigenvalue weighted by Gasteiger charge is -2.39. The average molecular weight is 267 g/mol. The average Bonchev–Trinajstić information content (AvgIpc) is 2.75. The van der Waals surface area contributed by atoms with Crippen LogP contribution in [0.4, 0.5) is 0 Å². The zero-order valence-corrected chi connectivity index (χ0v) is 13.1. The molecular weight excluding hydrogens is 238 g/mol. The van der Waals surface area contributed by atoms with Crippen molar-refractivity contribution in [2.75, 3.05) is 0 Å². The van der Waals surface area contributed by atoms with Crippen molar-refractivity contribution in [2.45, 2.75) is 78.9 Å². The predicted octanol–water partition coefficient (Wildman–Crippen LogP) is 3.20. The molecule has 1 atom stereocenters. The Morgan fingerprint density at radius 1 is 1.21 bits per heavy atom. The van der Waals surface area contributed by atoms with Gasteiger partial charge in [0.15, 0.2) is 0 Å². The van der Waals surface area contributed by atoms with Crippen LogP contribution in [-0.2, 0) is 13.0 Å². The van der Waals surface area contributed by atoms with Gasteiger partial charge in [0.05, 0.1) is 24.0 Å². The Hall–Kier alpha value is -0.900. The molecule has 1 heterocycles. The van der Waals surface area contributed by atoms with Gasteiger partial charge in [-0.3, -0.25) is 0 Å². The molecule has 0 aliphatic heterocycles. The van der Waals surface area contributed by atoms with Crippen LogP contribution >= 0.6 is 0 Å². The fourth-order valence-corrected chi connectivity index (χ4v) is 2.29. The molecule has 1 N–H and O–H groups in total. The summed E-state index contributed by atoms with van der Waals surface area (Å²) in [5, 5.41) is 19.0. The molecule has 1 aromatic heterocycles. The number of rotatable bonds is 7. The van der Waals surface area contributed by atoms with E-state index < -0.39 is 5.60 Å². The lowest BCUT2D eigenvalue weighted by Crippen LogP contribution is -2.46. The van der Waals surface area contributed by atoms with Crippen molar-refractivity contribution in [1.82, 2.24) is 15.0 Å². The molecule has 110 valence electrons. The SMILES string of the molecule is CCCCCc1cnnn1C[C@@](O)(CC)C(C)(C)C. The molecule has 1 aromatic rings. The van der Waals surface area contributed by atoms with Crippen molar-refractivity contribution in [2.24, 2.45) is 5.41 Å². The highest BCUT2D eigenvalue weighted by atomic mass is 16.3. The van der Waals surface area contributed by atoms with Gasteiger partial charge in [-0.2, -0.15) is 0 Å². The van der Waals surface area contributed by atoms with E-state index in [-0.39, 0.29) is 5.41 Å². The minimum Gasteiger partial charge on any atom is -0.387 e.